The molecule has 6 heteroatoms. The third kappa shape index (κ3) is 5.93. The van der Waals surface area contributed by atoms with Gasteiger partial charge in [0.25, 0.3) is 0 Å². The van der Waals surface area contributed by atoms with Gasteiger partial charge in [-0.25, -0.2) is 0 Å². The van der Waals surface area contributed by atoms with Gasteiger partial charge in [0.1, 0.15) is 0 Å². The summed E-state index contributed by atoms with van der Waals surface area (Å²) >= 11 is 0. The zero-order chi connectivity index (χ0) is 20.0. The second kappa shape index (κ2) is 9.72. The van der Waals surface area contributed by atoms with Crippen LogP contribution in [0.2, 0.25) is 0 Å². The predicted octanol–water partition coefficient (Wildman–Crippen LogP) is 2.53. The first-order chi connectivity index (χ1) is 13.5. The quantitative estimate of drug-likeness (QED) is 0.579. The van der Waals surface area contributed by atoms with Crippen LogP contribution in [-0.2, 0) is 22.6 Å². The minimum Gasteiger partial charge on any atom is -0.373 e. The largest absolute Gasteiger partial charge is 0.373 e. The number of aliphatic imine (C=N–C) groups is 1. The topological polar surface area (TPSA) is 58.1 Å². The number of hydrogen-bond donors (Lipinski definition) is 2. The molecule has 1 aromatic rings. The normalized spacial score (nSPS) is 29.1. The van der Waals surface area contributed by atoms with Gasteiger partial charge in [0.05, 0.1) is 17.8 Å². The summed E-state index contributed by atoms with van der Waals surface area (Å²) in [4.78, 5) is 6.86. The molecule has 2 N–H and O–H groups in total. The van der Waals surface area contributed by atoms with E-state index in [1.54, 1.807) is 0 Å². The fourth-order valence-electron chi connectivity index (χ4n) is 4.19. The zero-order valence-corrected chi connectivity index (χ0v) is 17.8. The Labute approximate surface area is 169 Å². The highest BCUT2D eigenvalue weighted by atomic mass is 16.5. The number of benzene rings is 1. The molecule has 3 unspecified atom stereocenters. The van der Waals surface area contributed by atoms with Gasteiger partial charge in [-0.1, -0.05) is 24.3 Å². The van der Waals surface area contributed by atoms with Crippen LogP contribution in [0.3, 0.4) is 0 Å². The standard InChI is InChI=1S/C22H36N4O2/c1-17-13-26(14-18(2)28-17)15-20-9-6-5-8-19(20)12-24-21(23-4)25-16-22(3)10-7-11-27-22/h5-6,8-9,17-18H,7,10-16H2,1-4H3,(H2,23,24,25). The molecule has 0 saturated carbocycles. The Bertz CT molecular complexity index is 648. The Morgan fingerprint density at radius 2 is 1.89 bits per heavy atom. The third-order valence-corrected chi connectivity index (χ3v) is 5.61. The average Bonchev–Trinajstić information content (AvgIpc) is 3.09. The van der Waals surface area contributed by atoms with Crippen LogP contribution in [-0.4, -0.2) is 62.0 Å². The Kier molecular flexibility index (Phi) is 7.32. The van der Waals surface area contributed by atoms with Crippen LogP contribution < -0.4 is 10.6 Å². The number of morpholine rings is 1. The molecule has 3 atom stereocenters. The van der Waals surface area contributed by atoms with Crippen molar-refractivity contribution in [3.63, 3.8) is 0 Å². The monoisotopic (exact) mass is 388 g/mol. The van der Waals surface area contributed by atoms with E-state index in [1.165, 1.54) is 11.1 Å². The fraction of sp³-hybridized carbons (Fsp3) is 0.682. The lowest BCUT2D eigenvalue weighted by molar-refractivity contribution is -0.0705. The lowest BCUT2D eigenvalue weighted by atomic mass is 10.0. The van der Waals surface area contributed by atoms with E-state index >= 15 is 0 Å². The number of rotatable bonds is 6. The van der Waals surface area contributed by atoms with Crippen molar-refractivity contribution < 1.29 is 9.47 Å². The fourth-order valence-corrected chi connectivity index (χ4v) is 4.19. The van der Waals surface area contributed by atoms with E-state index in [2.05, 4.69) is 65.6 Å². The molecule has 3 rings (SSSR count). The summed E-state index contributed by atoms with van der Waals surface area (Å²) in [6.45, 7) is 11.8. The van der Waals surface area contributed by atoms with Crippen LogP contribution in [0.1, 0.15) is 44.7 Å². The molecule has 0 bridgehead atoms. The Morgan fingerprint density at radius 3 is 2.54 bits per heavy atom. The van der Waals surface area contributed by atoms with E-state index in [4.69, 9.17) is 9.47 Å². The van der Waals surface area contributed by atoms with Crippen LogP contribution in [0.15, 0.2) is 29.3 Å². The number of guanidine groups is 1. The maximum Gasteiger partial charge on any atom is 0.191 e. The molecule has 6 nitrogen and oxygen atoms in total. The van der Waals surface area contributed by atoms with E-state index in [1.807, 2.05) is 7.05 Å². The van der Waals surface area contributed by atoms with Gasteiger partial charge in [0, 0.05) is 46.4 Å². The first-order valence-electron chi connectivity index (χ1n) is 10.5. The lowest BCUT2D eigenvalue weighted by Crippen LogP contribution is -2.45. The van der Waals surface area contributed by atoms with Crippen LogP contribution in [0.5, 0.6) is 0 Å². The first kappa shape index (κ1) is 21.1. The second-order valence-corrected chi connectivity index (χ2v) is 8.40. The van der Waals surface area contributed by atoms with Crippen molar-refractivity contribution in [1.29, 1.82) is 0 Å². The maximum atomic E-state index is 5.87. The molecule has 0 spiro atoms. The highest BCUT2D eigenvalue weighted by Crippen LogP contribution is 2.23. The number of nitrogens with zero attached hydrogens (tertiary/aromatic N) is 2. The molecule has 2 aliphatic heterocycles. The minimum absolute atomic E-state index is 0.0841. The summed E-state index contributed by atoms with van der Waals surface area (Å²) in [5.74, 6) is 0.820. The Balaban J connectivity index is 1.55. The van der Waals surface area contributed by atoms with Crippen molar-refractivity contribution in [2.45, 2.75) is 64.5 Å². The molecule has 2 aliphatic rings. The number of nitrogens with one attached hydrogen (secondary N) is 2. The van der Waals surface area contributed by atoms with Crippen molar-refractivity contribution in [2.75, 3.05) is 33.3 Å². The molecular formula is C22H36N4O2. The Hall–Kier alpha value is -1.63. The number of ether oxygens (including phenoxy) is 2. The molecule has 0 aromatic heterocycles. The van der Waals surface area contributed by atoms with Gasteiger partial charge in [0.2, 0.25) is 0 Å². The first-order valence-corrected chi connectivity index (χ1v) is 10.5. The summed E-state index contributed by atoms with van der Waals surface area (Å²) in [6.07, 6.45) is 2.81. The molecule has 0 aliphatic carbocycles. The predicted molar refractivity (Wildman–Crippen MR) is 114 cm³/mol. The van der Waals surface area contributed by atoms with Crippen LogP contribution in [0.4, 0.5) is 0 Å². The van der Waals surface area contributed by atoms with E-state index in [-0.39, 0.29) is 17.8 Å². The van der Waals surface area contributed by atoms with Crippen molar-refractivity contribution in [2.24, 2.45) is 4.99 Å². The summed E-state index contributed by atoms with van der Waals surface area (Å²) in [7, 11) is 1.82. The van der Waals surface area contributed by atoms with Gasteiger partial charge in [-0.15, -0.1) is 0 Å². The van der Waals surface area contributed by atoms with Crippen molar-refractivity contribution in [3.05, 3.63) is 35.4 Å². The molecular weight excluding hydrogens is 352 g/mol. The van der Waals surface area contributed by atoms with Crippen LogP contribution in [0.25, 0.3) is 0 Å². The van der Waals surface area contributed by atoms with Gasteiger partial charge in [0.15, 0.2) is 5.96 Å². The molecule has 28 heavy (non-hydrogen) atoms. The third-order valence-electron chi connectivity index (χ3n) is 5.61. The van der Waals surface area contributed by atoms with Crippen molar-refractivity contribution in [1.82, 2.24) is 15.5 Å². The van der Waals surface area contributed by atoms with E-state index in [9.17, 15) is 0 Å². The number of hydrogen-bond acceptors (Lipinski definition) is 4. The molecule has 2 heterocycles. The molecule has 2 saturated heterocycles. The van der Waals surface area contributed by atoms with Gasteiger partial charge in [-0.3, -0.25) is 9.89 Å². The summed E-state index contributed by atoms with van der Waals surface area (Å²) in [5.41, 5.74) is 2.58. The molecule has 2 fully saturated rings. The molecule has 0 amide bonds. The van der Waals surface area contributed by atoms with E-state index in [0.717, 1.165) is 58.1 Å². The van der Waals surface area contributed by atoms with E-state index < -0.39 is 0 Å². The molecule has 156 valence electrons. The SMILES string of the molecule is CN=C(NCc1ccccc1CN1CC(C)OC(C)C1)NCC1(C)CCCO1. The second-order valence-electron chi connectivity index (χ2n) is 8.40. The lowest BCUT2D eigenvalue weighted by Gasteiger charge is -2.35. The highest BCUT2D eigenvalue weighted by molar-refractivity contribution is 5.79. The summed E-state index contributed by atoms with van der Waals surface area (Å²) in [5, 5.41) is 6.88. The van der Waals surface area contributed by atoms with Crippen molar-refractivity contribution in [3.8, 4) is 0 Å². The molecule has 0 radical (unpaired) electrons. The highest BCUT2D eigenvalue weighted by Gasteiger charge is 2.29. The van der Waals surface area contributed by atoms with Gasteiger partial charge < -0.3 is 20.1 Å². The van der Waals surface area contributed by atoms with Gasteiger partial charge in [-0.05, 0) is 44.7 Å². The van der Waals surface area contributed by atoms with Crippen LogP contribution >= 0.6 is 0 Å². The van der Waals surface area contributed by atoms with Gasteiger partial charge >= 0.3 is 0 Å². The van der Waals surface area contributed by atoms with Crippen LogP contribution in [0, 0.1) is 0 Å². The summed E-state index contributed by atoms with van der Waals surface area (Å²) in [6, 6.07) is 8.65. The zero-order valence-electron chi connectivity index (χ0n) is 17.8. The maximum absolute atomic E-state index is 5.87. The van der Waals surface area contributed by atoms with Gasteiger partial charge in [-0.2, -0.15) is 0 Å². The van der Waals surface area contributed by atoms with Crippen molar-refractivity contribution >= 4 is 5.96 Å². The van der Waals surface area contributed by atoms with E-state index in [0.29, 0.717) is 0 Å². The average molecular weight is 389 g/mol. The Morgan fingerprint density at radius 1 is 1.18 bits per heavy atom. The smallest absolute Gasteiger partial charge is 0.191 e. The minimum atomic E-state index is -0.0841. The summed E-state index contributed by atoms with van der Waals surface area (Å²) < 4.78 is 11.7. The molecule has 1 aromatic carbocycles.